The lowest BCUT2D eigenvalue weighted by Crippen LogP contribution is -2.29. The Balaban J connectivity index is 1.83. The fraction of sp³-hybridized carbons (Fsp3) is 0.429. The number of allylic oxidation sites excluding steroid dienone is 5. The van der Waals surface area contributed by atoms with Crippen molar-refractivity contribution >= 4 is 6.34 Å². The first kappa shape index (κ1) is 26.8. The summed E-state index contributed by atoms with van der Waals surface area (Å²) >= 11 is 0. The smallest absolute Gasteiger partial charge is 0.127 e. The predicted octanol–water partition coefficient (Wildman–Crippen LogP) is 5.59. The molecule has 0 unspecified atom stereocenters. The molecule has 6 nitrogen and oxygen atoms in total. The molecule has 0 amide bonds. The zero-order valence-corrected chi connectivity index (χ0v) is 21.3. The molecular formula is C28H40N6. The Kier molecular flexibility index (Phi) is 10.0. The molecule has 0 N–H and O–H groups in total. The van der Waals surface area contributed by atoms with Crippen molar-refractivity contribution in [1.82, 2.24) is 19.7 Å². The normalized spacial score (nSPS) is 16.3. The number of hydrogen-bond acceptors (Lipinski definition) is 6. The fourth-order valence-electron chi connectivity index (χ4n) is 3.87. The summed E-state index contributed by atoms with van der Waals surface area (Å²) in [4.78, 5) is 5.96. The topological polar surface area (TPSA) is 49.1 Å². The second-order valence-electron chi connectivity index (χ2n) is 9.04. The van der Waals surface area contributed by atoms with Crippen LogP contribution in [0.5, 0.6) is 0 Å². The van der Waals surface area contributed by atoms with Crippen LogP contribution in [0, 0.1) is 17.2 Å². The Labute approximate surface area is 206 Å². The molecule has 0 radical (unpaired) electrons. The summed E-state index contributed by atoms with van der Waals surface area (Å²) in [7, 11) is 3.93. The summed E-state index contributed by atoms with van der Waals surface area (Å²) < 4.78 is 0. The van der Waals surface area contributed by atoms with Crippen molar-refractivity contribution in [1.29, 1.82) is 5.26 Å². The van der Waals surface area contributed by atoms with Gasteiger partial charge in [0, 0.05) is 50.8 Å². The summed E-state index contributed by atoms with van der Waals surface area (Å²) in [5, 5.41) is 16.0. The first-order valence-electron chi connectivity index (χ1n) is 11.9. The van der Waals surface area contributed by atoms with E-state index in [-0.39, 0.29) is 0 Å². The molecule has 0 aromatic carbocycles. The van der Waals surface area contributed by atoms with Crippen molar-refractivity contribution in [2.24, 2.45) is 11.0 Å². The molecular weight excluding hydrogens is 420 g/mol. The number of rotatable bonds is 13. The molecule has 0 bridgehead atoms. The van der Waals surface area contributed by atoms with E-state index in [0.29, 0.717) is 23.7 Å². The van der Waals surface area contributed by atoms with Gasteiger partial charge in [0.15, 0.2) is 0 Å². The SMILES string of the molecule is C=C(/C=C(/C#N)C(=C)N(C)CCN(C)C(=C)/C=C\C(=C)N1C=NN(CC2CCCC2)C1=C)CC. The van der Waals surface area contributed by atoms with Gasteiger partial charge in [0.05, 0.1) is 5.57 Å². The van der Waals surface area contributed by atoms with Crippen LogP contribution in [0.15, 0.2) is 90.3 Å². The van der Waals surface area contributed by atoms with Gasteiger partial charge in [0.25, 0.3) is 0 Å². The first-order chi connectivity index (χ1) is 16.2. The highest BCUT2D eigenvalue weighted by atomic mass is 15.6. The molecule has 0 aromatic heterocycles. The molecule has 0 spiro atoms. The van der Waals surface area contributed by atoms with E-state index in [0.717, 1.165) is 42.3 Å². The van der Waals surface area contributed by atoms with Gasteiger partial charge in [-0.1, -0.05) is 58.2 Å². The van der Waals surface area contributed by atoms with Gasteiger partial charge >= 0.3 is 0 Å². The highest BCUT2D eigenvalue weighted by Gasteiger charge is 2.25. The third kappa shape index (κ3) is 7.28. The molecule has 0 atom stereocenters. The van der Waals surface area contributed by atoms with Gasteiger partial charge in [-0.3, -0.25) is 4.90 Å². The van der Waals surface area contributed by atoms with Crippen LogP contribution in [0.25, 0.3) is 0 Å². The second-order valence-corrected chi connectivity index (χ2v) is 9.04. The highest BCUT2D eigenvalue weighted by molar-refractivity contribution is 5.64. The van der Waals surface area contributed by atoms with Crippen LogP contribution in [-0.4, -0.2) is 59.8 Å². The molecule has 182 valence electrons. The average molecular weight is 461 g/mol. The van der Waals surface area contributed by atoms with Gasteiger partial charge in [0.1, 0.15) is 18.2 Å². The lowest BCUT2D eigenvalue weighted by atomic mass is 10.1. The van der Waals surface area contributed by atoms with Crippen LogP contribution < -0.4 is 0 Å². The number of nitriles is 1. The molecule has 1 saturated carbocycles. The molecule has 1 aliphatic carbocycles. The van der Waals surface area contributed by atoms with Crippen molar-refractivity contribution in [3.05, 3.63) is 85.2 Å². The lowest BCUT2D eigenvalue weighted by Gasteiger charge is -2.26. The minimum Gasteiger partial charge on any atom is -0.373 e. The third-order valence-corrected chi connectivity index (χ3v) is 6.52. The second kappa shape index (κ2) is 12.7. The summed E-state index contributed by atoms with van der Waals surface area (Å²) in [5.41, 5.74) is 3.80. The molecule has 1 heterocycles. The van der Waals surface area contributed by atoms with Crippen LogP contribution in [0.3, 0.4) is 0 Å². The van der Waals surface area contributed by atoms with E-state index in [1.807, 2.05) is 48.0 Å². The van der Waals surface area contributed by atoms with E-state index in [9.17, 15) is 5.26 Å². The van der Waals surface area contributed by atoms with Crippen molar-refractivity contribution in [3.63, 3.8) is 0 Å². The van der Waals surface area contributed by atoms with E-state index >= 15 is 0 Å². The lowest BCUT2D eigenvalue weighted by molar-refractivity contribution is 0.285. The van der Waals surface area contributed by atoms with Crippen molar-refractivity contribution in [2.75, 3.05) is 33.7 Å². The van der Waals surface area contributed by atoms with Gasteiger partial charge in [-0.05, 0) is 43.4 Å². The highest BCUT2D eigenvalue weighted by Crippen LogP contribution is 2.29. The molecule has 1 aliphatic heterocycles. The third-order valence-electron chi connectivity index (χ3n) is 6.52. The van der Waals surface area contributed by atoms with E-state index in [1.54, 1.807) is 12.4 Å². The molecule has 6 heteroatoms. The van der Waals surface area contributed by atoms with Crippen LogP contribution >= 0.6 is 0 Å². The Bertz CT molecular complexity index is 938. The minimum absolute atomic E-state index is 0.543. The summed E-state index contributed by atoms with van der Waals surface area (Å²) in [6.07, 6.45) is 13.5. The van der Waals surface area contributed by atoms with E-state index < -0.39 is 0 Å². The molecule has 34 heavy (non-hydrogen) atoms. The van der Waals surface area contributed by atoms with Gasteiger partial charge in [0.2, 0.25) is 0 Å². The van der Waals surface area contributed by atoms with E-state index in [2.05, 4.69) is 49.0 Å². The molecule has 2 aliphatic rings. The Morgan fingerprint density at radius 2 is 1.79 bits per heavy atom. The summed E-state index contributed by atoms with van der Waals surface area (Å²) in [6.45, 7) is 25.0. The molecule has 1 fully saturated rings. The Morgan fingerprint density at radius 1 is 1.15 bits per heavy atom. The number of likely N-dealkylation sites (N-methyl/N-ethyl adjacent to an activating group) is 2. The van der Waals surface area contributed by atoms with Crippen molar-refractivity contribution < 1.29 is 0 Å². The van der Waals surface area contributed by atoms with Crippen LogP contribution in [-0.2, 0) is 0 Å². The monoisotopic (exact) mass is 460 g/mol. The zero-order chi connectivity index (χ0) is 25.3. The Morgan fingerprint density at radius 3 is 2.41 bits per heavy atom. The first-order valence-corrected chi connectivity index (χ1v) is 11.9. The maximum atomic E-state index is 9.46. The average Bonchev–Trinajstić information content (AvgIpc) is 3.48. The van der Waals surface area contributed by atoms with Crippen molar-refractivity contribution in [3.8, 4) is 6.07 Å². The van der Waals surface area contributed by atoms with Gasteiger partial charge in [-0.25, -0.2) is 5.01 Å². The van der Waals surface area contributed by atoms with Gasteiger partial charge in [-0.2, -0.15) is 10.4 Å². The molecule has 0 aromatic rings. The number of nitrogens with zero attached hydrogens (tertiary/aromatic N) is 6. The minimum atomic E-state index is 0.543. The Hall–Kier alpha value is -3.46. The van der Waals surface area contributed by atoms with Crippen molar-refractivity contribution in [2.45, 2.75) is 39.0 Å². The maximum Gasteiger partial charge on any atom is 0.127 e. The summed E-state index contributed by atoms with van der Waals surface area (Å²) in [5.74, 6) is 1.54. The summed E-state index contributed by atoms with van der Waals surface area (Å²) in [6, 6.07) is 2.23. The zero-order valence-electron chi connectivity index (χ0n) is 21.3. The quantitative estimate of drug-likeness (QED) is 0.265. The maximum absolute atomic E-state index is 9.46. The molecule has 0 saturated heterocycles. The predicted molar refractivity (Wildman–Crippen MR) is 143 cm³/mol. The van der Waals surface area contributed by atoms with Gasteiger partial charge < -0.3 is 9.80 Å². The van der Waals surface area contributed by atoms with Crippen LogP contribution in [0.2, 0.25) is 0 Å². The largest absolute Gasteiger partial charge is 0.373 e. The molecule has 2 rings (SSSR count). The van der Waals surface area contributed by atoms with E-state index in [4.69, 9.17) is 0 Å². The standard InChI is InChI=1S/C28H40N6/c1-9-22(2)18-28(19-29)25(5)32(8)17-16-31(7)23(3)14-15-24(4)33-21-30-34(26(33)6)20-27-12-10-11-13-27/h14-15,18,21,27H,2-6,9-13,16-17,20H2,1,7-8H3/b15-14-,28-18-. The van der Waals surface area contributed by atoms with Crippen LogP contribution in [0.1, 0.15) is 39.0 Å². The van der Waals surface area contributed by atoms with Crippen LogP contribution in [0.4, 0.5) is 0 Å². The number of hydrazone groups is 1. The van der Waals surface area contributed by atoms with E-state index in [1.165, 1.54) is 25.7 Å². The van der Waals surface area contributed by atoms with Gasteiger partial charge in [-0.15, -0.1) is 0 Å². The fourth-order valence-corrected chi connectivity index (χ4v) is 3.87. The number of hydrogen-bond donors (Lipinski definition) is 0.